The molecule has 2 aromatic rings. The maximum absolute atomic E-state index is 6.76. The summed E-state index contributed by atoms with van der Waals surface area (Å²) in [6.07, 6.45) is 8.22. The van der Waals surface area contributed by atoms with Gasteiger partial charge in [-0.1, -0.05) is 100 Å². The van der Waals surface area contributed by atoms with Crippen molar-refractivity contribution in [2.24, 2.45) is 5.92 Å². The molecule has 0 heterocycles. The number of hydrogen-bond acceptors (Lipinski definition) is 3. The van der Waals surface area contributed by atoms with E-state index < -0.39 is 8.56 Å². The minimum absolute atomic E-state index is 0.567. The minimum atomic E-state index is -2.75. The molecule has 0 aromatic heterocycles. The average Bonchev–Trinajstić information content (AvgIpc) is 2.80. The first-order valence-corrected chi connectivity index (χ1v) is 13.4. The van der Waals surface area contributed by atoms with Crippen LogP contribution in [-0.2, 0) is 13.6 Å². The van der Waals surface area contributed by atoms with Gasteiger partial charge in [0, 0.05) is 26.9 Å². The van der Waals surface area contributed by atoms with Crippen molar-refractivity contribution in [3.8, 4) is 0 Å². The molecule has 4 heteroatoms. The zero-order chi connectivity index (χ0) is 21.5. The molecule has 0 amide bonds. The molecule has 0 fully saturated rings. The third kappa shape index (κ3) is 7.99. The zero-order valence-electron chi connectivity index (χ0n) is 19.1. The summed E-state index contributed by atoms with van der Waals surface area (Å²) >= 11 is 0. The van der Waals surface area contributed by atoms with E-state index in [1.165, 1.54) is 36.1 Å². The maximum atomic E-state index is 6.76. The monoisotopic (exact) mass is 428 g/mol. The second-order valence-electron chi connectivity index (χ2n) is 8.14. The highest BCUT2D eigenvalue weighted by Gasteiger charge is 2.42. The number of methoxy groups -OCH3 is 1. The molecule has 0 spiro atoms. The van der Waals surface area contributed by atoms with Crippen LogP contribution >= 0.6 is 0 Å². The summed E-state index contributed by atoms with van der Waals surface area (Å²) in [6, 6.07) is 21.2. The Morgan fingerprint density at radius 1 is 0.700 bits per heavy atom. The lowest BCUT2D eigenvalue weighted by atomic mass is 10.1. The van der Waals surface area contributed by atoms with Crippen molar-refractivity contribution in [2.75, 3.05) is 26.9 Å². The first-order valence-electron chi connectivity index (χ1n) is 11.6. The van der Waals surface area contributed by atoms with Gasteiger partial charge in [-0.3, -0.25) is 0 Å². The summed E-state index contributed by atoms with van der Waals surface area (Å²) in [5, 5.41) is 2.38. The van der Waals surface area contributed by atoms with E-state index in [1.807, 2.05) is 0 Å². The lowest BCUT2D eigenvalue weighted by molar-refractivity contribution is 0.157. The summed E-state index contributed by atoms with van der Waals surface area (Å²) in [6.45, 7) is 6.77. The van der Waals surface area contributed by atoms with Crippen molar-refractivity contribution in [1.29, 1.82) is 0 Å². The van der Waals surface area contributed by atoms with Crippen LogP contribution in [0.1, 0.15) is 58.8 Å². The molecule has 0 radical (unpaired) electrons. The minimum Gasteiger partial charge on any atom is -0.388 e. The number of unbranched alkanes of at least 4 members (excludes halogenated alkanes) is 4. The van der Waals surface area contributed by atoms with E-state index in [-0.39, 0.29) is 0 Å². The van der Waals surface area contributed by atoms with Crippen LogP contribution < -0.4 is 10.4 Å². The van der Waals surface area contributed by atoms with Crippen molar-refractivity contribution >= 4 is 18.9 Å². The van der Waals surface area contributed by atoms with Crippen molar-refractivity contribution in [1.82, 2.24) is 0 Å². The van der Waals surface area contributed by atoms with Gasteiger partial charge in [0.1, 0.15) is 0 Å². The van der Waals surface area contributed by atoms with Gasteiger partial charge >= 0.3 is 8.56 Å². The molecule has 30 heavy (non-hydrogen) atoms. The molecule has 1 atom stereocenters. The first kappa shape index (κ1) is 24.8. The lowest BCUT2D eigenvalue weighted by Crippen LogP contribution is -2.63. The van der Waals surface area contributed by atoms with E-state index in [0.29, 0.717) is 12.5 Å². The maximum Gasteiger partial charge on any atom is 0.407 e. The molecule has 2 rings (SSSR count). The lowest BCUT2D eigenvalue weighted by Gasteiger charge is -2.32. The van der Waals surface area contributed by atoms with E-state index in [0.717, 1.165) is 32.5 Å². The van der Waals surface area contributed by atoms with Gasteiger partial charge in [-0.15, -0.1) is 0 Å². The van der Waals surface area contributed by atoms with E-state index in [1.54, 1.807) is 7.11 Å². The molecule has 0 saturated carbocycles. The Labute approximate surface area is 185 Å². The summed E-state index contributed by atoms with van der Waals surface area (Å²) in [5.41, 5.74) is 0. The fourth-order valence-electron chi connectivity index (χ4n) is 3.65. The van der Waals surface area contributed by atoms with Gasteiger partial charge < -0.3 is 13.6 Å². The number of rotatable bonds is 16. The standard InChI is InChI=1S/C26H40O3Si/c1-4-5-6-7-14-21-28-30(25-15-10-8-11-16-25,26-17-12-9-13-18-26)29-23-20-24(2)19-22-27-3/h8-13,15-18,24H,4-7,14,19-23H2,1-3H3. The quantitative estimate of drug-likeness (QED) is 0.268. The van der Waals surface area contributed by atoms with Gasteiger partial charge in [-0.2, -0.15) is 0 Å². The predicted octanol–water partition coefficient (Wildman–Crippen LogP) is 5.31. The van der Waals surface area contributed by atoms with Crippen molar-refractivity contribution in [3.05, 3.63) is 60.7 Å². The number of benzene rings is 2. The Hall–Kier alpha value is -1.46. The molecular weight excluding hydrogens is 388 g/mol. The molecule has 2 aromatic carbocycles. The third-order valence-electron chi connectivity index (χ3n) is 5.59. The van der Waals surface area contributed by atoms with Crippen LogP contribution in [-0.4, -0.2) is 35.5 Å². The Morgan fingerprint density at radius 3 is 1.80 bits per heavy atom. The van der Waals surface area contributed by atoms with Crippen LogP contribution in [0.2, 0.25) is 0 Å². The van der Waals surface area contributed by atoms with Crippen LogP contribution in [0.5, 0.6) is 0 Å². The van der Waals surface area contributed by atoms with E-state index >= 15 is 0 Å². The van der Waals surface area contributed by atoms with Crippen LogP contribution in [0.4, 0.5) is 0 Å². The second-order valence-corrected chi connectivity index (χ2v) is 11.1. The van der Waals surface area contributed by atoms with Crippen LogP contribution in [0.15, 0.2) is 60.7 Å². The molecule has 0 aliphatic rings. The predicted molar refractivity (Wildman–Crippen MR) is 129 cm³/mol. The molecule has 0 aliphatic carbocycles. The molecule has 0 saturated heterocycles. The Bertz CT molecular complexity index is 623. The van der Waals surface area contributed by atoms with E-state index in [9.17, 15) is 0 Å². The average molecular weight is 429 g/mol. The first-order chi connectivity index (χ1) is 14.7. The van der Waals surface area contributed by atoms with Crippen molar-refractivity contribution < 1.29 is 13.6 Å². The van der Waals surface area contributed by atoms with Gasteiger partial charge in [0.05, 0.1) is 0 Å². The van der Waals surface area contributed by atoms with Crippen LogP contribution in [0.25, 0.3) is 0 Å². The molecule has 3 nitrogen and oxygen atoms in total. The Balaban J connectivity index is 2.17. The molecule has 0 N–H and O–H groups in total. The molecule has 0 aliphatic heterocycles. The van der Waals surface area contributed by atoms with Crippen LogP contribution in [0, 0.1) is 5.92 Å². The molecule has 1 unspecified atom stereocenters. The molecule has 0 bridgehead atoms. The largest absolute Gasteiger partial charge is 0.407 e. The summed E-state index contributed by atoms with van der Waals surface area (Å²) in [5.74, 6) is 0.567. The van der Waals surface area contributed by atoms with Gasteiger partial charge in [0.15, 0.2) is 0 Å². The smallest absolute Gasteiger partial charge is 0.388 e. The van der Waals surface area contributed by atoms with Gasteiger partial charge in [0.25, 0.3) is 0 Å². The third-order valence-corrected chi connectivity index (χ3v) is 9.00. The normalized spacial score (nSPS) is 12.8. The summed E-state index contributed by atoms with van der Waals surface area (Å²) < 4.78 is 18.7. The van der Waals surface area contributed by atoms with Crippen molar-refractivity contribution in [3.63, 3.8) is 0 Å². The van der Waals surface area contributed by atoms with Gasteiger partial charge in [-0.05, 0) is 35.6 Å². The number of hydrogen-bond donors (Lipinski definition) is 0. The highest BCUT2D eigenvalue weighted by molar-refractivity contribution is 6.92. The fraction of sp³-hybridized carbons (Fsp3) is 0.538. The van der Waals surface area contributed by atoms with Crippen molar-refractivity contribution in [2.45, 2.75) is 58.8 Å². The summed E-state index contributed by atoms with van der Waals surface area (Å²) in [7, 11) is -0.981. The highest BCUT2D eigenvalue weighted by Crippen LogP contribution is 2.15. The van der Waals surface area contributed by atoms with Crippen LogP contribution in [0.3, 0.4) is 0 Å². The summed E-state index contributed by atoms with van der Waals surface area (Å²) in [4.78, 5) is 0. The fourth-order valence-corrected chi connectivity index (χ4v) is 6.83. The second kappa shape index (κ2) is 14.5. The molecule has 166 valence electrons. The Morgan fingerprint density at radius 2 is 1.23 bits per heavy atom. The topological polar surface area (TPSA) is 27.7 Å². The van der Waals surface area contributed by atoms with E-state index in [2.05, 4.69) is 74.5 Å². The number of ether oxygens (including phenoxy) is 1. The van der Waals surface area contributed by atoms with Gasteiger partial charge in [0.2, 0.25) is 0 Å². The van der Waals surface area contributed by atoms with Gasteiger partial charge in [-0.25, -0.2) is 0 Å². The zero-order valence-corrected chi connectivity index (χ0v) is 20.1. The highest BCUT2D eigenvalue weighted by atomic mass is 28.4. The Kier molecular flexibility index (Phi) is 12.0. The van der Waals surface area contributed by atoms with E-state index in [4.69, 9.17) is 13.6 Å². The SMILES string of the molecule is CCCCCCCO[Si](OCCC(C)CCOC)(c1ccccc1)c1ccccc1. The molecular formula is C26H40O3Si.